The molecule has 0 spiro atoms. The first kappa shape index (κ1) is 13.5. The molecule has 0 fully saturated rings. The van der Waals surface area contributed by atoms with E-state index in [1.807, 2.05) is 0 Å². The number of hydrogen-bond acceptors (Lipinski definition) is 8. The maximum Gasteiger partial charge on any atom is 0.354 e. The molecule has 9 heteroatoms. The number of fused-ring (bicyclic) bond motifs is 1. The van der Waals surface area contributed by atoms with Crippen molar-refractivity contribution < 1.29 is 18.9 Å². The SMILES string of the molecule is O=c1cc(O)c2c(=O)oc(-c3ccc([N+](=O)[O-])cc3)nc2o1. The van der Waals surface area contributed by atoms with Gasteiger partial charge in [-0.25, -0.2) is 9.59 Å². The normalized spacial score (nSPS) is 10.7. The zero-order chi connectivity index (χ0) is 15.9. The Morgan fingerprint density at radius 2 is 1.82 bits per heavy atom. The van der Waals surface area contributed by atoms with E-state index in [1.165, 1.54) is 24.3 Å². The molecular weight excluding hydrogens is 296 g/mol. The predicted molar refractivity (Wildman–Crippen MR) is 72.6 cm³/mol. The van der Waals surface area contributed by atoms with E-state index in [-0.39, 0.29) is 28.2 Å². The average Bonchev–Trinajstić information content (AvgIpc) is 2.46. The van der Waals surface area contributed by atoms with Gasteiger partial charge >= 0.3 is 11.3 Å². The second-order valence-corrected chi connectivity index (χ2v) is 4.24. The van der Waals surface area contributed by atoms with Crippen LogP contribution in [0, 0.1) is 10.1 Å². The second-order valence-electron chi connectivity index (χ2n) is 4.24. The van der Waals surface area contributed by atoms with Crippen LogP contribution in [0.25, 0.3) is 22.6 Å². The molecule has 0 aliphatic heterocycles. The summed E-state index contributed by atoms with van der Waals surface area (Å²) in [7, 11) is 0. The number of nitro benzene ring substituents is 1. The van der Waals surface area contributed by atoms with Crippen LogP contribution in [0.15, 0.2) is 48.8 Å². The number of aromatic nitrogens is 1. The topological polar surface area (TPSA) is 137 Å². The Bertz CT molecular complexity index is 1000. The Kier molecular flexibility index (Phi) is 2.95. The van der Waals surface area contributed by atoms with Crippen LogP contribution in [-0.4, -0.2) is 15.0 Å². The quantitative estimate of drug-likeness (QED) is 0.554. The summed E-state index contributed by atoms with van der Waals surface area (Å²) in [4.78, 5) is 36.9. The van der Waals surface area contributed by atoms with E-state index < -0.39 is 21.9 Å². The van der Waals surface area contributed by atoms with E-state index in [0.717, 1.165) is 6.07 Å². The number of aromatic hydroxyl groups is 1. The highest BCUT2D eigenvalue weighted by molar-refractivity contribution is 5.79. The first-order valence-corrected chi connectivity index (χ1v) is 5.88. The Hall–Kier alpha value is -3.49. The van der Waals surface area contributed by atoms with Crippen LogP contribution < -0.4 is 11.3 Å². The van der Waals surface area contributed by atoms with Crippen molar-refractivity contribution in [2.75, 3.05) is 0 Å². The molecule has 0 saturated carbocycles. The summed E-state index contributed by atoms with van der Waals surface area (Å²) in [6.07, 6.45) is 0. The smallest absolute Gasteiger partial charge is 0.354 e. The molecule has 0 unspecified atom stereocenters. The lowest BCUT2D eigenvalue weighted by Gasteiger charge is -2.01. The Labute approximate surface area is 120 Å². The molecule has 0 bridgehead atoms. The molecule has 0 amide bonds. The van der Waals surface area contributed by atoms with Gasteiger partial charge in [0, 0.05) is 17.7 Å². The van der Waals surface area contributed by atoms with Crippen LogP contribution in [0.5, 0.6) is 5.75 Å². The number of benzene rings is 1. The van der Waals surface area contributed by atoms with Gasteiger partial charge in [0.05, 0.1) is 11.0 Å². The molecule has 1 aromatic carbocycles. The van der Waals surface area contributed by atoms with Crippen molar-refractivity contribution in [1.29, 1.82) is 0 Å². The van der Waals surface area contributed by atoms with Crippen LogP contribution in [0.1, 0.15) is 0 Å². The predicted octanol–water partition coefficient (Wildman–Crippen LogP) is 1.42. The van der Waals surface area contributed by atoms with Gasteiger partial charge in [-0.05, 0) is 12.1 Å². The summed E-state index contributed by atoms with van der Waals surface area (Å²) in [6.45, 7) is 0. The van der Waals surface area contributed by atoms with Gasteiger partial charge in [-0.1, -0.05) is 0 Å². The zero-order valence-corrected chi connectivity index (χ0v) is 10.7. The fourth-order valence-electron chi connectivity index (χ4n) is 1.84. The molecule has 0 aliphatic carbocycles. The van der Waals surface area contributed by atoms with E-state index in [4.69, 9.17) is 8.83 Å². The first-order chi connectivity index (χ1) is 10.5. The lowest BCUT2D eigenvalue weighted by atomic mass is 10.2. The Morgan fingerprint density at radius 3 is 2.45 bits per heavy atom. The van der Waals surface area contributed by atoms with E-state index >= 15 is 0 Å². The monoisotopic (exact) mass is 302 g/mol. The number of rotatable bonds is 2. The second kappa shape index (κ2) is 4.81. The fourth-order valence-corrected chi connectivity index (χ4v) is 1.84. The molecule has 9 nitrogen and oxygen atoms in total. The number of nitrogens with zero attached hydrogens (tertiary/aromatic N) is 2. The van der Waals surface area contributed by atoms with Gasteiger partial charge in [-0.15, -0.1) is 0 Å². The molecule has 3 aromatic rings. The lowest BCUT2D eigenvalue weighted by molar-refractivity contribution is -0.384. The van der Waals surface area contributed by atoms with Crippen LogP contribution in [0.2, 0.25) is 0 Å². The summed E-state index contributed by atoms with van der Waals surface area (Å²) in [5.41, 5.74) is -2.07. The highest BCUT2D eigenvalue weighted by atomic mass is 16.6. The average molecular weight is 302 g/mol. The molecule has 2 aromatic heterocycles. The van der Waals surface area contributed by atoms with E-state index in [9.17, 15) is 24.8 Å². The zero-order valence-electron chi connectivity index (χ0n) is 10.7. The van der Waals surface area contributed by atoms with Gasteiger partial charge in [0.25, 0.3) is 5.69 Å². The maximum absolute atomic E-state index is 11.8. The van der Waals surface area contributed by atoms with Gasteiger partial charge in [0.1, 0.15) is 5.75 Å². The molecule has 0 aliphatic rings. The summed E-state index contributed by atoms with van der Waals surface area (Å²) >= 11 is 0. The minimum absolute atomic E-state index is 0.143. The van der Waals surface area contributed by atoms with Gasteiger partial charge in [0.2, 0.25) is 11.6 Å². The van der Waals surface area contributed by atoms with Gasteiger partial charge < -0.3 is 13.9 Å². The number of hydrogen-bond donors (Lipinski definition) is 1. The van der Waals surface area contributed by atoms with Crippen LogP contribution >= 0.6 is 0 Å². The van der Waals surface area contributed by atoms with Crippen LogP contribution in [-0.2, 0) is 0 Å². The highest BCUT2D eigenvalue weighted by Gasteiger charge is 2.15. The van der Waals surface area contributed by atoms with Crippen molar-refractivity contribution in [3.8, 4) is 17.2 Å². The standard InChI is InChI=1S/C13H6N2O7/c16-8-5-9(17)21-12-10(8)13(18)22-11(14-12)6-1-3-7(4-2-6)15(19)20/h1-5,16H. The van der Waals surface area contributed by atoms with Crippen LogP contribution in [0.4, 0.5) is 5.69 Å². The summed E-state index contributed by atoms with van der Waals surface area (Å²) < 4.78 is 9.69. The van der Waals surface area contributed by atoms with Gasteiger partial charge in [0.15, 0.2) is 5.39 Å². The molecule has 110 valence electrons. The maximum atomic E-state index is 11.8. The molecule has 22 heavy (non-hydrogen) atoms. The molecule has 0 saturated heterocycles. The summed E-state index contributed by atoms with van der Waals surface area (Å²) in [6, 6.07) is 5.80. The minimum Gasteiger partial charge on any atom is -0.507 e. The molecular formula is C13H6N2O7. The molecule has 0 atom stereocenters. The van der Waals surface area contributed by atoms with E-state index in [2.05, 4.69) is 4.98 Å². The minimum atomic E-state index is -0.945. The van der Waals surface area contributed by atoms with Gasteiger partial charge in [-0.3, -0.25) is 10.1 Å². The molecule has 1 N–H and O–H groups in total. The number of non-ortho nitro benzene ring substituents is 1. The molecule has 0 radical (unpaired) electrons. The molecule has 3 rings (SSSR count). The van der Waals surface area contributed by atoms with E-state index in [0.29, 0.717) is 0 Å². The van der Waals surface area contributed by atoms with Crippen molar-refractivity contribution >= 4 is 16.8 Å². The van der Waals surface area contributed by atoms with Crippen molar-refractivity contribution in [2.24, 2.45) is 0 Å². The lowest BCUT2D eigenvalue weighted by Crippen LogP contribution is -2.07. The highest BCUT2D eigenvalue weighted by Crippen LogP contribution is 2.23. The van der Waals surface area contributed by atoms with Gasteiger partial charge in [-0.2, -0.15) is 4.98 Å². The summed E-state index contributed by atoms with van der Waals surface area (Å²) in [5, 5.41) is 19.8. The fraction of sp³-hybridized carbons (Fsp3) is 0. The Morgan fingerprint density at radius 1 is 1.14 bits per heavy atom. The van der Waals surface area contributed by atoms with Crippen molar-refractivity contribution in [3.05, 3.63) is 61.3 Å². The largest absolute Gasteiger partial charge is 0.507 e. The van der Waals surface area contributed by atoms with Crippen molar-refractivity contribution in [1.82, 2.24) is 4.98 Å². The first-order valence-electron chi connectivity index (χ1n) is 5.88. The molecule has 2 heterocycles. The third-order valence-corrected chi connectivity index (χ3v) is 2.84. The third-order valence-electron chi connectivity index (χ3n) is 2.84. The third kappa shape index (κ3) is 2.20. The van der Waals surface area contributed by atoms with E-state index in [1.54, 1.807) is 0 Å². The van der Waals surface area contributed by atoms with Crippen molar-refractivity contribution in [2.45, 2.75) is 0 Å². The summed E-state index contributed by atoms with van der Waals surface area (Å²) in [5.74, 6) is -0.788. The number of nitro groups is 1. The van der Waals surface area contributed by atoms with Crippen molar-refractivity contribution in [3.63, 3.8) is 0 Å². The Balaban J connectivity index is 2.22. The van der Waals surface area contributed by atoms with Crippen LogP contribution in [0.3, 0.4) is 0 Å².